The molecule has 23 heavy (non-hydrogen) atoms. The predicted octanol–water partition coefficient (Wildman–Crippen LogP) is 3.90. The second kappa shape index (κ2) is 5.53. The van der Waals surface area contributed by atoms with Gasteiger partial charge in [-0.2, -0.15) is 0 Å². The third-order valence-corrected chi connectivity index (χ3v) is 5.89. The van der Waals surface area contributed by atoms with E-state index in [4.69, 9.17) is 16.7 Å². The number of rotatable bonds is 3. The Balaban J connectivity index is 1.36. The Bertz CT molecular complexity index is 739. The van der Waals surface area contributed by atoms with E-state index in [0.717, 1.165) is 61.2 Å². The monoisotopic (exact) mass is 332 g/mol. The van der Waals surface area contributed by atoms with Gasteiger partial charge in [-0.05, 0) is 68.5 Å². The molecule has 0 radical (unpaired) electrons. The number of H-pyrrole nitrogens is 1. The van der Waals surface area contributed by atoms with E-state index in [1.807, 2.05) is 18.2 Å². The third-order valence-electron chi connectivity index (χ3n) is 5.66. The van der Waals surface area contributed by atoms with Gasteiger partial charge in [0.25, 0.3) is 0 Å². The van der Waals surface area contributed by atoms with Crippen LogP contribution in [-0.4, -0.2) is 34.0 Å². The van der Waals surface area contributed by atoms with E-state index in [2.05, 4.69) is 16.0 Å². The molecule has 1 spiro atoms. The maximum absolute atomic E-state index is 11.0. The number of hydrogen-bond acceptors (Lipinski definition) is 2. The van der Waals surface area contributed by atoms with Crippen LogP contribution in [0.1, 0.15) is 31.4 Å². The molecule has 1 aliphatic carbocycles. The van der Waals surface area contributed by atoms with Crippen LogP contribution in [0.2, 0.25) is 5.02 Å². The fourth-order valence-electron chi connectivity index (χ4n) is 4.24. The van der Waals surface area contributed by atoms with E-state index in [9.17, 15) is 4.79 Å². The molecule has 122 valence electrons. The quantitative estimate of drug-likeness (QED) is 0.896. The third kappa shape index (κ3) is 2.86. The Morgan fingerprint density at radius 3 is 2.74 bits per heavy atom. The van der Waals surface area contributed by atoms with Crippen LogP contribution in [-0.2, 0) is 11.3 Å². The molecule has 4 nitrogen and oxygen atoms in total. The van der Waals surface area contributed by atoms with Gasteiger partial charge >= 0.3 is 5.97 Å². The first-order valence-corrected chi connectivity index (χ1v) is 8.63. The number of aromatic amines is 1. The maximum Gasteiger partial charge on any atom is 0.306 e. The SMILES string of the molecule is O=C(O)C1CC2(CCN(Cc3cc4cc(Cl)ccc4[nH]3)CC2)C1. The first kappa shape index (κ1) is 15.0. The normalized spacial score (nSPS) is 21.6. The van der Waals surface area contributed by atoms with Crippen molar-refractivity contribution in [2.45, 2.75) is 32.2 Å². The van der Waals surface area contributed by atoms with Crippen molar-refractivity contribution in [3.8, 4) is 0 Å². The number of benzene rings is 1. The number of carbonyl (C=O) groups is 1. The molecule has 2 aromatic rings. The number of fused-ring (bicyclic) bond motifs is 1. The van der Waals surface area contributed by atoms with Crippen molar-refractivity contribution >= 4 is 28.5 Å². The Morgan fingerprint density at radius 2 is 2.04 bits per heavy atom. The number of aromatic nitrogens is 1. The summed E-state index contributed by atoms with van der Waals surface area (Å²) < 4.78 is 0. The van der Waals surface area contributed by atoms with Crippen molar-refractivity contribution in [2.75, 3.05) is 13.1 Å². The average Bonchev–Trinajstić information content (AvgIpc) is 2.87. The summed E-state index contributed by atoms with van der Waals surface area (Å²) in [6.45, 7) is 3.04. The zero-order chi connectivity index (χ0) is 16.0. The molecule has 1 aromatic carbocycles. The highest BCUT2D eigenvalue weighted by molar-refractivity contribution is 6.31. The van der Waals surface area contributed by atoms with Gasteiger partial charge in [0.1, 0.15) is 0 Å². The summed E-state index contributed by atoms with van der Waals surface area (Å²) in [4.78, 5) is 16.9. The van der Waals surface area contributed by atoms with Gasteiger partial charge in [0.05, 0.1) is 5.92 Å². The van der Waals surface area contributed by atoms with Gasteiger partial charge in [-0.25, -0.2) is 0 Å². The van der Waals surface area contributed by atoms with Gasteiger partial charge in [0.15, 0.2) is 0 Å². The highest BCUT2D eigenvalue weighted by Crippen LogP contribution is 2.52. The summed E-state index contributed by atoms with van der Waals surface area (Å²) in [5, 5.41) is 11.0. The minimum absolute atomic E-state index is 0.0972. The van der Waals surface area contributed by atoms with Crippen molar-refractivity contribution in [3.63, 3.8) is 0 Å². The zero-order valence-electron chi connectivity index (χ0n) is 13.0. The second-order valence-corrected chi connectivity index (χ2v) is 7.68. The Kier molecular flexibility index (Phi) is 3.62. The molecule has 2 N–H and O–H groups in total. The number of hydrogen-bond donors (Lipinski definition) is 2. The molecular formula is C18H21ClN2O2. The lowest BCUT2D eigenvalue weighted by Crippen LogP contribution is -2.48. The second-order valence-electron chi connectivity index (χ2n) is 7.25. The number of piperidine rings is 1. The van der Waals surface area contributed by atoms with Crippen LogP contribution in [0, 0.1) is 11.3 Å². The molecule has 2 aliphatic rings. The molecule has 1 saturated heterocycles. The Hall–Kier alpha value is -1.52. The van der Waals surface area contributed by atoms with E-state index in [1.165, 1.54) is 5.69 Å². The van der Waals surface area contributed by atoms with Crippen molar-refractivity contribution in [3.05, 3.63) is 35.0 Å². The van der Waals surface area contributed by atoms with Crippen LogP contribution < -0.4 is 0 Å². The molecule has 0 amide bonds. The number of aliphatic carboxylic acids is 1. The molecule has 2 heterocycles. The lowest BCUT2D eigenvalue weighted by Gasteiger charge is -2.50. The van der Waals surface area contributed by atoms with Gasteiger partial charge in [-0.15, -0.1) is 0 Å². The Morgan fingerprint density at radius 1 is 1.30 bits per heavy atom. The summed E-state index contributed by atoms with van der Waals surface area (Å²) in [5.74, 6) is -0.713. The lowest BCUT2D eigenvalue weighted by atomic mass is 9.57. The molecular weight excluding hydrogens is 312 g/mol. The molecule has 1 aromatic heterocycles. The summed E-state index contributed by atoms with van der Waals surface area (Å²) in [6, 6.07) is 8.09. The van der Waals surface area contributed by atoms with Gasteiger partial charge < -0.3 is 10.1 Å². The minimum Gasteiger partial charge on any atom is -0.481 e. The van der Waals surface area contributed by atoms with Crippen LogP contribution in [0.3, 0.4) is 0 Å². The summed E-state index contributed by atoms with van der Waals surface area (Å²) >= 11 is 6.04. The minimum atomic E-state index is -0.616. The van der Waals surface area contributed by atoms with Crippen LogP contribution in [0.5, 0.6) is 0 Å². The van der Waals surface area contributed by atoms with Crippen molar-refractivity contribution in [1.82, 2.24) is 9.88 Å². The number of nitrogens with zero attached hydrogens (tertiary/aromatic N) is 1. The maximum atomic E-state index is 11.0. The van der Waals surface area contributed by atoms with E-state index in [-0.39, 0.29) is 5.92 Å². The van der Waals surface area contributed by atoms with E-state index in [0.29, 0.717) is 5.41 Å². The molecule has 4 rings (SSSR count). The fraction of sp³-hybridized carbons (Fsp3) is 0.500. The van der Waals surface area contributed by atoms with Gasteiger partial charge in [0.2, 0.25) is 0 Å². The summed E-state index contributed by atoms with van der Waals surface area (Å²) in [5.41, 5.74) is 2.66. The molecule has 0 atom stereocenters. The van der Waals surface area contributed by atoms with Crippen LogP contribution in [0.15, 0.2) is 24.3 Å². The summed E-state index contributed by atoms with van der Waals surface area (Å²) in [6.07, 6.45) is 4.01. The number of carboxylic acid groups (broad SMARTS) is 1. The molecule has 1 aliphatic heterocycles. The summed E-state index contributed by atoms with van der Waals surface area (Å²) in [7, 11) is 0. The van der Waals surface area contributed by atoms with E-state index in [1.54, 1.807) is 0 Å². The average molecular weight is 333 g/mol. The number of carboxylic acids is 1. The number of halogens is 1. The zero-order valence-corrected chi connectivity index (χ0v) is 13.8. The molecule has 5 heteroatoms. The number of likely N-dealkylation sites (tertiary alicyclic amines) is 1. The van der Waals surface area contributed by atoms with Crippen molar-refractivity contribution in [2.24, 2.45) is 11.3 Å². The topological polar surface area (TPSA) is 56.3 Å². The van der Waals surface area contributed by atoms with E-state index < -0.39 is 5.97 Å². The Labute approximate surface area is 140 Å². The first-order chi connectivity index (χ1) is 11.0. The van der Waals surface area contributed by atoms with Crippen LogP contribution in [0.4, 0.5) is 0 Å². The van der Waals surface area contributed by atoms with Gasteiger partial charge in [-0.3, -0.25) is 9.69 Å². The van der Waals surface area contributed by atoms with Crippen molar-refractivity contribution in [1.29, 1.82) is 0 Å². The highest BCUT2D eigenvalue weighted by Gasteiger charge is 2.48. The molecule has 2 fully saturated rings. The van der Waals surface area contributed by atoms with Crippen molar-refractivity contribution < 1.29 is 9.90 Å². The predicted molar refractivity (Wildman–Crippen MR) is 90.6 cm³/mol. The van der Waals surface area contributed by atoms with Crippen LogP contribution >= 0.6 is 11.6 Å². The number of nitrogens with one attached hydrogen (secondary N) is 1. The first-order valence-electron chi connectivity index (χ1n) is 8.25. The van der Waals surface area contributed by atoms with E-state index >= 15 is 0 Å². The van der Waals surface area contributed by atoms with Gasteiger partial charge in [-0.1, -0.05) is 11.6 Å². The largest absolute Gasteiger partial charge is 0.481 e. The fourth-order valence-corrected chi connectivity index (χ4v) is 4.42. The molecule has 1 saturated carbocycles. The highest BCUT2D eigenvalue weighted by atomic mass is 35.5. The lowest BCUT2D eigenvalue weighted by molar-refractivity contribution is -0.152. The molecule has 0 bridgehead atoms. The van der Waals surface area contributed by atoms with Crippen LogP contribution in [0.25, 0.3) is 10.9 Å². The van der Waals surface area contributed by atoms with Gasteiger partial charge in [0, 0.05) is 28.2 Å². The molecule has 0 unspecified atom stereocenters. The standard InChI is InChI=1S/C18H21ClN2O2/c19-14-1-2-16-12(7-14)8-15(20-16)11-21-5-3-18(4-6-21)9-13(10-18)17(22)23/h1-2,7-8,13,20H,3-6,9-11H2,(H,22,23). The smallest absolute Gasteiger partial charge is 0.306 e.